The van der Waals surface area contributed by atoms with Gasteiger partial charge in [-0.05, 0) is 55.7 Å². The molecule has 170 valence electrons. The summed E-state index contributed by atoms with van der Waals surface area (Å²) in [6.07, 6.45) is 1.31. The van der Waals surface area contributed by atoms with Crippen LogP contribution in [0.1, 0.15) is 45.9 Å². The SMILES string of the molecule is Cc1cccc(C2CCC(C(=O)NCc3ccccc3F)CN2C(=O)c2ccc(Cl)cc2)c1. The Balaban J connectivity index is 1.54. The van der Waals surface area contributed by atoms with Crippen molar-refractivity contribution in [1.29, 1.82) is 0 Å². The van der Waals surface area contributed by atoms with Gasteiger partial charge in [0.15, 0.2) is 0 Å². The van der Waals surface area contributed by atoms with Crippen molar-refractivity contribution in [3.63, 3.8) is 0 Å². The molecule has 0 aromatic heterocycles. The standard InChI is InChI=1S/C27H26ClFN2O2/c1-18-5-4-7-20(15-18)25-14-11-22(26(32)30-16-21-6-2-3-8-24(21)29)17-31(25)27(33)19-9-12-23(28)13-10-19/h2-10,12-13,15,22,25H,11,14,16-17H2,1H3,(H,30,32). The predicted octanol–water partition coefficient (Wildman–Crippen LogP) is 5.70. The molecule has 3 aromatic rings. The molecular formula is C27H26ClFN2O2. The number of likely N-dealkylation sites (tertiary alicyclic amines) is 1. The third kappa shape index (κ3) is 5.42. The molecule has 2 unspecified atom stereocenters. The Morgan fingerprint density at radius 1 is 1.03 bits per heavy atom. The number of halogens is 2. The minimum absolute atomic E-state index is 0.119. The summed E-state index contributed by atoms with van der Waals surface area (Å²) in [5.74, 6) is -1.02. The molecule has 1 N–H and O–H groups in total. The van der Waals surface area contributed by atoms with E-state index < -0.39 is 0 Å². The van der Waals surface area contributed by atoms with Gasteiger partial charge in [-0.3, -0.25) is 9.59 Å². The lowest BCUT2D eigenvalue weighted by Gasteiger charge is -2.39. The number of hydrogen-bond donors (Lipinski definition) is 1. The highest BCUT2D eigenvalue weighted by Gasteiger charge is 2.36. The molecule has 6 heteroatoms. The Morgan fingerprint density at radius 2 is 1.79 bits per heavy atom. The lowest BCUT2D eigenvalue weighted by atomic mass is 9.87. The normalized spacial score (nSPS) is 18.1. The zero-order chi connectivity index (χ0) is 23.4. The van der Waals surface area contributed by atoms with Crippen molar-refractivity contribution in [2.24, 2.45) is 5.92 Å². The number of carbonyl (C=O) groups is 2. The Hall–Kier alpha value is -3.18. The predicted molar refractivity (Wildman–Crippen MR) is 127 cm³/mol. The van der Waals surface area contributed by atoms with Gasteiger partial charge in [0.25, 0.3) is 5.91 Å². The first-order chi connectivity index (χ1) is 15.9. The van der Waals surface area contributed by atoms with Crippen molar-refractivity contribution in [1.82, 2.24) is 10.2 Å². The molecule has 33 heavy (non-hydrogen) atoms. The first-order valence-electron chi connectivity index (χ1n) is 11.1. The van der Waals surface area contributed by atoms with Crippen LogP contribution in [0.15, 0.2) is 72.8 Å². The number of amides is 2. The first-order valence-corrected chi connectivity index (χ1v) is 11.4. The fourth-order valence-electron chi connectivity index (χ4n) is 4.36. The average Bonchev–Trinajstić information content (AvgIpc) is 2.83. The highest BCUT2D eigenvalue weighted by atomic mass is 35.5. The lowest BCUT2D eigenvalue weighted by Crippen LogP contribution is -2.47. The molecule has 0 saturated carbocycles. The van der Waals surface area contributed by atoms with E-state index in [0.29, 0.717) is 35.5 Å². The fourth-order valence-corrected chi connectivity index (χ4v) is 4.49. The van der Waals surface area contributed by atoms with Crippen molar-refractivity contribution < 1.29 is 14.0 Å². The molecule has 2 amide bonds. The second-order valence-corrected chi connectivity index (χ2v) is 8.91. The van der Waals surface area contributed by atoms with E-state index in [0.717, 1.165) is 11.1 Å². The van der Waals surface area contributed by atoms with Crippen molar-refractivity contribution in [3.8, 4) is 0 Å². The van der Waals surface area contributed by atoms with Crippen LogP contribution in [-0.4, -0.2) is 23.3 Å². The number of rotatable bonds is 5. The van der Waals surface area contributed by atoms with Gasteiger partial charge in [0.2, 0.25) is 5.91 Å². The molecule has 4 nitrogen and oxygen atoms in total. The molecule has 2 atom stereocenters. The summed E-state index contributed by atoms with van der Waals surface area (Å²) in [6, 6.07) is 21.2. The van der Waals surface area contributed by atoms with Crippen LogP contribution >= 0.6 is 11.6 Å². The second-order valence-electron chi connectivity index (χ2n) is 8.48. The Morgan fingerprint density at radius 3 is 2.52 bits per heavy atom. The van der Waals surface area contributed by atoms with Crippen molar-refractivity contribution in [2.75, 3.05) is 6.54 Å². The van der Waals surface area contributed by atoms with E-state index in [9.17, 15) is 14.0 Å². The fraction of sp³-hybridized carbons (Fsp3) is 0.259. The highest BCUT2D eigenvalue weighted by molar-refractivity contribution is 6.30. The molecule has 0 aliphatic carbocycles. The van der Waals surface area contributed by atoms with Crippen molar-refractivity contribution in [2.45, 2.75) is 32.4 Å². The summed E-state index contributed by atoms with van der Waals surface area (Å²) >= 11 is 6.00. The maximum Gasteiger partial charge on any atom is 0.254 e. The van der Waals surface area contributed by atoms with Crippen LogP contribution in [0, 0.1) is 18.7 Å². The average molecular weight is 465 g/mol. The van der Waals surface area contributed by atoms with Crippen molar-refractivity contribution in [3.05, 3.63) is 106 Å². The van der Waals surface area contributed by atoms with Gasteiger partial charge in [0.05, 0.1) is 12.0 Å². The van der Waals surface area contributed by atoms with Gasteiger partial charge in [-0.15, -0.1) is 0 Å². The molecule has 1 aliphatic heterocycles. The Bertz CT molecular complexity index is 1150. The minimum Gasteiger partial charge on any atom is -0.352 e. The lowest BCUT2D eigenvalue weighted by molar-refractivity contribution is -0.127. The molecule has 0 spiro atoms. The van der Waals surface area contributed by atoms with E-state index in [1.54, 1.807) is 47.4 Å². The molecule has 4 rings (SSSR count). The van der Waals surface area contributed by atoms with Gasteiger partial charge in [-0.2, -0.15) is 0 Å². The number of nitrogens with one attached hydrogen (secondary N) is 1. The second kappa shape index (κ2) is 10.2. The monoisotopic (exact) mass is 464 g/mol. The van der Waals surface area contributed by atoms with Crippen LogP contribution in [-0.2, 0) is 11.3 Å². The summed E-state index contributed by atoms with van der Waals surface area (Å²) in [7, 11) is 0. The van der Waals surface area contributed by atoms with E-state index >= 15 is 0 Å². The van der Waals surface area contributed by atoms with E-state index in [2.05, 4.69) is 11.4 Å². The third-order valence-corrected chi connectivity index (χ3v) is 6.39. The zero-order valence-corrected chi connectivity index (χ0v) is 19.2. The number of aryl methyl sites for hydroxylation is 1. The third-order valence-electron chi connectivity index (χ3n) is 6.14. The first kappa shape index (κ1) is 23.0. The Labute approximate surface area is 198 Å². The summed E-state index contributed by atoms with van der Waals surface area (Å²) in [6.45, 7) is 2.44. The van der Waals surface area contributed by atoms with Crippen molar-refractivity contribution >= 4 is 23.4 Å². The molecule has 0 radical (unpaired) electrons. The number of piperidine rings is 1. The van der Waals surface area contributed by atoms with Crippen LogP contribution in [0.3, 0.4) is 0 Å². The van der Waals surface area contributed by atoms with Crippen LogP contribution < -0.4 is 5.32 Å². The smallest absolute Gasteiger partial charge is 0.254 e. The molecule has 3 aromatic carbocycles. The topological polar surface area (TPSA) is 49.4 Å². The number of benzene rings is 3. The van der Waals surface area contributed by atoms with Gasteiger partial charge in [-0.25, -0.2) is 4.39 Å². The minimum atomic E-state index is -0.367. The summed E-state index contributed by atoms with van der Waals surface area (Å²) in [4.78, 5) is 28.2. The number of nitrogens with zero attached hydrogens (tertiary/aromatic N) is 1. The van der Waals surface area contributed by atoms with Gasteiger partial charge < -0.3 is 10.2 Å². The van der Waals surface area contributed by atoms with Gasteiger partial charge in [-0.1, -0.05) is 59.6 Å². The van der Waals surface area contributed by atoms with Crippen LogP contribution in [0.2, 0.25) is 5.02 Å². The zero-order valence-electron chi connectivity index (χ0n) is 18.4. The van der Waals surface area contributed by atoms with E-state index in [1.165, 1.54) is 6.07 Å². The number of carbonyl (C=O) groups excluding carboxylic acids is 2. The molecule has 1 aliphatic rings. The van der Waals surface area contributed by atoms with Crippen LogP contribution in [0.4, 0.5) is 4.39 Å². The number of hydrogen-bond acceptors (Lipinski definition) is 2. The molecule has 1 saturated heterocycles. The van der Waals surface area contributed by atoms with Gasteiger partial charge in [0, 0.05) is 29.2 Å². The van der Waals surface area contributed by atoms with Gasteiger partial charge in [0.1, 0.15) is 5.82 Å². The summed E-state index contributed by atoms with van der Waals surface area (Å²) < 4.78 is 13.9. The van der Waals surface area contributed by atoms with E-state index in [4.69, 9.17) is 11.6 Å². The Kier molecular flexibility index (Phi) is 7.09. The summed E-state index contributed by atoms with van der Waals surface area (Å²) in [5, 5.41) is 3.41. The highest BCUT2D eigenvalue weighted by Crippen LogP contribution is 2.35. The van der Waals surface area contributed by atoms with Crippen LogP contribution in [0.25, 0.3) is 0 Å². The largest absolute Gasteiger partial charge is 0.352 e. The molecular weight excluding hydrogens is 439 g/mol. The van der Waals surface area contributed by atoms with E-state index in [-0.39, 0.29) is 36.1 Å². The molecule has 1 fully saturated rings. The van der Waals surface area contributed by atoms with E-state index in [1.807, 2.05) is 25.1 Å². The molecule has 1 heterocycles. The maximum atomic E-state index is 13.9. The maximum absolute atomic E-state index is 13.9. The molecule has 0 bridgehead atoms. The van der Waals surface area contributed by atoms with Crippen LogP contribution in [0.5, 0.6) is 0 Å². The quantitative estimate of drug-likeness (QED) is 0.526. The summed E-state index contributed by atoms with van der Waals surface area (Å²) in [5.41, 5.74) is 3.15. The van der Waals surface area contributed by atoms with Gasteiger partial charge >= 0.3 is 0 Å².